The average Bonchev–Trinajstić information content (AvgIpc) is 3.14. The molecule has 1 amide bonds. The van der Waals surface area contributed by atoms with Gasteiger partial charge in [0.2, 0.25) is 5.91 Å². The summed E-state index contributed by atoms with van der Waals surface area (Å²) in [6.45, 7) is 0.468. The summed E-state index contributed by atoms with van der Waals surface area (Å²) in [6, 6.07) is 5.87. The molecule has 0 fully saturated rings. The van der Waals surface area contributed by atoms with Crippen molar-refractivity contribution in [1.82, 2.24) is 14.7 Å². The Kier molecular flexibility index (Phi) is 5.17. The van der Waals surface area contributed by atoms with E-state index in [-0.39, 0.29) is 24.1 Å². The van der Waals surface area contributed by atoms with Crippen LogP contribution in [0.4, 0.5) is 13.2 Å². The van der Waals surface area contributed by atoms with Gasteiger partial charge in [0.1, 0.15) is 5.75 Å². The lowest BCUT2D eigenvalue weighted by Crippen LogP contribution is -2.28. The predicted octanol–water partition coefficient (Wildman–Crippen LogP) is 3.76. The molecule has 138 valence electrons. The van der Waals surface area contributed by atoms with Crippen molar-refractivity contribution in [2.24, 2.45) is 0 Å². The second-order valence-electron chi connectivity index (χ2n) is 5.76. The first kappa shape index (κ1) is 18.2. The lowest BCUT2D eigenvalue weighted by Gasteiger charge is -2.15. The summed E-state index contributed by atoms with van der Waals surface area (Å²) in [5.74, 6) is -0.0525. The number of thiazole rings is 1. The molecule has 9 heteroatoms. The Balaban J connectivity index is 1.54. The topological polar surface area (TPSA) is 55.6 Å². The lowest BCUT2D eigenvalue weighted by atomic mass is 10.1. The molecular weight excluding hydrogens is 367 g/mol. The first-order valence-corrected chi connectivity index (χ1v) is 8.68. The summed E-state index contributed by atoms with van der Waals surface area (Å²) < 4.78 is 42.9. The van der Waals surface area contributed by atoms with Crippen LogP contribution in [0.2, 0.25) is 0 Å². The zero-order chi connectivity index (χ0) is 18.7. The number of ether oxygens (including phenoxy) is 1. The molecule has 0 saturated heterocycles. The molecule has 1 N–H and O–H groups in total. The van der Waals surface area contributed by atoms with Crippen LogP contribution in [0, 0.1) is 0 Å². The second-order valence-corrected chi connectivity index (χ2v) is 6.64. The molecule has 1 atom stereocenters. The molecule has 2 aromatic heterocycles. The standard InChI is InChI=1S/C17H16F3N3O2S/c1-11(12-2-4-14(5-3-12)25-10-17(18,19)20)21-15(24)8-13-9-23-6-7-26-16(23)22-13/h2-7,9,11H,8,10H2,1H3,(H,21,24). The van der Waals surface area contributed by atoms with Crippen molar-refractivity contribution in [3.8, 4) is 5.75 Å². The monoisotopic (exact) mass is 383 g/mol. The molecule has 0 aliphatic carbocycles. The fraction of sp³-hybridized carbons (Fsp3) is 0.294. The van der Waals surface area contributed by atoms with Gasteiger partial charge in [0, 0.05) is 17.8 Å². The van der Waals surface area contributed by atoms with E-state index in [2.05, 4.69) is 15.0 Å². The number of hydrogen-bond donors (Lipinski definition) is 1. The molecule has 0 bridgehead atoms. The largest absolute Gasteiger partial charge is 0.484 e. The zero-order valence-electron chi connectivity index (χ0n) is 13.8. The van der Waals surface area contributed by atoms with Crippen molar-refractivity contribution in [3.63, 3.8) is 0 Å². The number of hydrogen-bond acceptors (Lipinski definition) is 4. The fourth-order valence-corrected chi connectivity index (χ4v) is 3.14. The molecular formula is C17H16F3N3O2S. The van der Waals surface area contributed by atoms with Crippen molar-refractivity contribution in [2.45, 2.75) is 25.6 Å². The van der Waals surface area contributed by atoms with Crippen LogP contribution in [0.1, 0.15) is 24.2 Å². The van der Waals surface area contributed by atoms with Gasteiger partial charge in [-0.05, 0) is 24.6 Å². The van der Waals surface area contributed by atoms with E-state index < -0.39 is 12.8 Å². The molecule has 0 saturated carbocycles. The minimum atomic E-state index is -4.37. The van der Waals surface area contributed by atoms with Crippen LogP contribution in [-0.2, 0) is 11.2 Å². The van der Waals surface area contributed by atoms with E-state index >= 15 is 0 Å². The van der Waals surface area contributed by atoms with Crippen LogP contribution in [0.3, 0.4) is 0 Å². The molecule has 3 rings (SSSR count). The number of fused-ring (bicyclic) bond motifs is 1. The average molecular weight is 383 g/mol. The van der Waals surface area contributed by atoms with E-state index in [1.54, 1.807) is 19.1 Å². The number of amides is 1. The summed E-state index contributed by atoms with van der Waals surface area (Å²) in [4.78, 5) is 17.4. The molecule has 0 spiro atoms. The highest BCUT2D eigenvalue weighted by Gasteiger charge is 2.28. The maximum atomic E-state index is 12.2. The van der Waals surface area contributed by atoms with Gasteiger partial charge in [0.25, 0.3) is 0 Å². The smallest absolute Gasteiger partial charge is 0.422 e. The summed E-state index contributed by atoms with van der Waals surface area (Å²) in [5.41, 5.74) is 1.45. The Morgan fingerprint density at radius 1 is 1.35 bits per heavy atom. The fourth-order valence-electron chi connectivity index (χ4n) is 2.42. The molecule has 0 radical (unpaired) electrons. The van der Waals surface area contributed by atoms with Gasteiger partial charge >= 0.3 is 6.18 Å². The summed E-state index contributed by atoms with van der Waals surface area (Å²) in [5, 5.41) is 4.76. The van der Waals surface area contributed by atoms with Crippen molar-refractivity contribution in [2.75, 3.05) is 6.61 Å². The summed E-state index contributed by atoms with van der Waals surface area (Å²) in [6.07, 6.45) is -0.532. The molecule has 1 aromatic carbocycles. The van der Waals surface area contributed by atoms with Crippen LogP contribution in [0.5, 0.6) is 5.75 Å². The number of benzene rings is 1. The highest BCUT2D eigenvalue weighted by atomic mass is 32.1. The van der Waals surface area contributed by atoms with Gasteiger partial charge < -0.3 is 10.1 Å². The van der Waals surface area contributed by atoms with E-state index in [4.69, 9.17) is 0 Å². The molecule has 0 aliphatic heterocycles. The Hall–Kier alpha value is -2.55. The number of imidazole rings is 1. The number of halogens is 3. The molecule has 26 heavy (non-hydrogen) atoms. The number of alkyl halides is 3. The normalized spacial score (nSPS) is 12.9. The van der Waals surface area contributed by atoms with Gasteiger partial charge in [-0.2, -0.15) is 13.2 Å². The Bertz CT molecular complexity index is 858. The van der Waals surface area contributed by atoms with Gasteiger partial charge in [-0.25, -0.2) is 4.98 Å². The van der Waals surface area contributed by atoms with Gasteiger partial charge in [-0.15, -0.1) is 11.3 Å². The SMILES string of the molecule is CC(NC(=O)Cc1cn2ccsc2n1)c1ccc(OCC(F)(F)F)cc1. The highest BCUT2D eigenvalue weighted by molar-refractivity contribution is 7.15. The molecule has 3 aromatic rings. The van der Waals surface area contributed by atoms with Crippen LogP contribution in [0.25, 0.3) is 4.96 Å². The maximum Gasteiger partial charge on any atom is 0.422 e. The quantitative estimate of drug-likeness (QED) is 0.705. The number of nitrogens with one attached hydrogen (secondary N) is 1. The molecule has 0 aliphatic rings. The molecule has 2 heterocycles. The van der Waals surface area contributed by atoms with Crippen LogP contribution in [-0.4, -0.2) is 28.1 Å². The third-order valence-electron chi connectivity index (χ3n) is 3.64. The van der Waals surface area contributed by atoms with Gasteiger partial charge in [-0.1, -0.05) is 12.1 Å². The first-order valence-electron chi connectivity index (χ1n) is 7.80. The maximum absolute atomic E-state index is 12.2. The lowest BCUT2D eigenvalue weighted by molar-refractivity contribution is -0.153. The number of carbonyl (C=O) groups is 1. The van der Waals surface area contributed by atoms with Crippen LogP contribution in [0.15, 0.2) is 42.0 Å². The first-order chi connectivity index (χ1) is 12.3. The highest BCUT2D eigenvalue weighted by Crippen LogP contribution is 2.21. The van der Waals surface area contributed by atoms with E-state index in [0.717, 1.165) is 10.5 Å². The number of rotatable bonds is 6. The van der Waals surface area contributed by atoms with Gasteiger partial charge in [-0.3, -0.25) is 9.20 Å². The van der Waals surface area contributed by atoms with E-state index in [0.29, 0.717) is 5.69 Å². The molecule has 5 nitrogen and oxygen atoms in total. The Morgan fingerprint density at radius 3 is 2.73 bits per heavy atom. The summed E-state index contributed by atoms with van der Waals surface area (Å²) >= 11 is 1.49. The van der Waals surface area contributed by atoms with E-state index in [1.807, 2.05) is 22.2 Å². The van der Waals surface area contributed by atoms with Gasteiger partial charge in [0.15, 0.2) is 11.6 Å². The van der Waals surface area contributed by atoms with Crippen LogP contribution >= 0.6 is 11.3 Å². The Morgan fingerprint density at radius 2 is 2.08 bits per heavy atom. The third-order valence-corrected chi connectivity index (χ3v) is 4.42. The van der Waals surface area contributed by atoms with Crippen molar-refractivity contribution in [1.29, 1.82) is 0 Å². The molecule has 1 unspecified atom stereocenters. The minimum absolute atomic E-state index is 0.127. The van der Waals surface area contributed by atoms with Crippen LogP contribution < -0.4 is 10.1 Å². The van der Waals surface area contributed by atoms with Gasteiger partial charge in [0.05, 0.1) is 18.2 Å². The summed E-state index contributed by atoms with van der Waals surface area (Å²) in [7, 11) is 0. The Labute approximate surface area is 151 Å². The van der Waals surface area contributed by atoms with Crippen molar-refractivity contribution < 1.29 is 22.7 Å². The van der Waals surface area contributed by atoms with E-state index in [9.17, 15) is 18.0 Å². The second kappa shape index (κ2) is 7.36. The minimum Gasteiger partial charge on any atom is -0.484 e. The van der Waals surface area contributed by atoms with Crippen molar-refractivity contribution >= 4 is 22.2 Å². The third kappa shape index (κ3) is 4.75. The van der Waals surface area contributed by atoms with E-state index in [1.165, 1.54) is 23.5 Å². The number of carbonyl (C=O) groups excluding carboxylic acids is 1. The van der Waals surface area contributed by atoms with Crippen molar-refractivity contribution in [3.05, 3.63) is 53.3 Å². The zero-order valence-corrected chi connectivity index (χ0v) is 14.6. The predicted molar refractivity (Wildman–Crippen MR) is 91.3 cm³/mol. The number of nitrogens with zero attached hydrogens (tertiary/aromatic N) is 2. The number of aromatic nitrogens is 2.